The van der Waals surface area contributed by atoms with Crippen LogP contribution in [0.15, 0.2) is 42.5 Å². The van der Waals surface area contributed by atoms with Crippen LogP contribution in [0.1, 0.15) is 29.7 Å². The van der Waals surface area contributed by atoms with Crippen LogP contribution >= 0.6 is 0 Å². The van der Waals surface area contributed by atoms with Crippen LogP contribution in [-0.2, 0) is 11.5 Å². The first kappa shape index (κ1) is 11.8. The maximum atomic E-state index is 10.7. The molecule has 3 heteroatoms. The molecule has 95 valence electrons. The fraction of sp³-hybridized carbons (Fsp3) is 0.188. The van der Waals surface area contributed by atoms with E-state index in [2.05, 4.69) is 23.5 Å². The van der Waals surface area contributed by atoms with Gasteiger partial charge in [-0.3, -0.25) is 0 Å². The second-order valence-corrected chi connectivity index (χ2v) is 4.86. The van der Waals surface area contributed by atoms with Crippen LogP contribution in [0.2, 0.25) is 0 Å². The van der Waals surface area contributed by atoms with Crippen LogP contribution < -0.4 is 5.32 Å². The number of nitrogens with one attached hydrogen (secondary N) is 1. The molecule has 1 unspecified atom stereocenters. The minimum Gasteiger partial charge on any atom is -0.312 e. The summed E-state index contributed by atoms with van der Waals surface area (Å²) in [5.41, 5.74) is 5.99. The summed E-state index contributed by atoms with van der Waals surface area (Å²) in [7, 11) is 0. The van der Waals surface area contributed by atoms with Crippen LogP contribution in [0, 0.1) is 0 Å². The first-order valence-electron chi connectivity index (χ1n) is 6.34. The molecule has 3 rings (SSSR count). The van der Waals surface area contributed by atoms with Gasteiger partial charge in [-0.2, -0.15) is 0 Å². The van der Waals surface area contributed by atoms with E-state index < -0.39 is 6.09 Å². The molecule has 0 saturated carbocycles. The number of fused-ring (bicyclic) bond motifs is 3. The summed E-state index contributed by atoms with van der Waals surface area (Å²) in [6, 6.07) is 14.1. The van der Waals surface area contributed by atoms with Crippen molar-refractivity contribution in [3.05, 3.63) is 59.2 Å². The average Bonchev–Trinajstić information content (AvgIpc) is 2.76. The van der Waals surface area contributed by atoms with Crippen molar-refractivity contribution in [1.29, 1.82) is 0 Å². The van der Waals surface area contributed by atoms with E-state index in [1.807, 2.05) is 31.2 Å². The van der Waals surface area contributed by atoms with Gasteiger partial charge in [0, 0.05) is 0 Å². The lowest BCUT2D eigenvalue weighted by molar-refractivity contribution is 0.165. The Balaban J connectivity index is 2.06. The molecule has 1 radical (unpaired) electrons. The van der Waals surface area contributed by atoms with E-state index in [4.69, 9.17) is 0 Å². The van der Waals surface area contributed by atoms with Gasteiger partial charge in [0.05, 0.1) is 6.04 Å². The molecule has 1 atom stereocenters. The number of rotatable bonds is 2. The Hall–Kier alpha value is -2.29. The van der Waals surface area contributed by atoms with Gasteiger partial charge in [0.1, 0.15) is 0 Å². The van der Waals surface area contributed by atoms with Crippen molar-refractivity contribution >= 4 is 6.09 Å². The summed E-state index contributed by atoms with van der Waals surface area (Å²) in [4.78, 5) is 10.7. The van der Waals surface area contributed by atoms with Crippen LogP contribution in [0.3, 0.4) is 0 Å². The van der Waals surface area contributed by atoms with Gasteiger partial charge in [-0.05, 0) is 41.2 Å². The zero-order valence-corrected chi connectivity index (χ0v) is 10.6. The van der Waals surface area contributed by atoms with Crippen molar-refractivity contribution < 1.29 is 9.90 Å². The molecule has 0 aromatic heterocycles. The third-order valence-corrected chi connectivity index (χ3v) is 3.69. The molecule has 1 N–H and O–H groups in total. The molecule has 1 aliphatic carbocycles. The van der Waals surface area contributed by atoms with Crippen LogP contribution in [0.25, 0.3) is 11.1 Å². The average molecular weight is 252 g/mol. The Kier molecular flexibility index (Phi) is 2.75. The second kappa shape index (κ2) is 4.43. The normalized spacial score (nSPS) is 13.5. The molecule has 0 bridgehead atoms. The topological polar surface area (TPSA) is 49.0 Å². The molecule has 2 aromatic rings. The monoisotopic (exact) mass is 252 g/mol. The number of benzene rings is 2. The Morgan fingerprint density at radius 1 is 1.11 bits per heavy atom. The molecule has 0 fully saturated rings. The maximum Gasteiger partial charge on any atom is 0.451 e. The Labute approximate surface area is 111 Å². The van der Waals surface area contributed by atoms with E-state index >= 15 is 0 Å². The minimum absolute atomic E-state index is 0.255. The molecule has 3 nitrogen and oxygen atoms in total. The largest absolute Gasteiger partial charge is 0.451 e. The van der Waals surface area contributed by atoms with Crippen LogP contribution in [0.4, 0.5) is 4.79 Å². The molecule has 0 saturated heterocycles. The Morgan fingerprint density at radius 3 is 2.63 bits per heavy atom. The summed E-state index contributed by atoms with van der Waals surface area (Å²) in [5, 5.41) is 13.1. The van der Waals surface area contributed by atoms with Crippen molar-refractivity contribution in [2.24, 2.45) is 0 Å². The summed E-state index contributed by atoms with van der Waals surface area (Å²) in [6.07, 6.45) is -0.374. The highest BCUT2D eigenvalue weighted by Crippen LogP contribution is 2.39. The van der Waals surface area contributed by atoms with Crippen molar-refractivity contribution in [1.82, 2.24) is 5.32 Å². The zero-order chi connectivity index (χ0) is 13.4. The third kappa shape index (κ3) is 1.97. The molecule has 2 aromatic carbocycles. The smallest absolute Gasteiger partial charge is 0.312 e. The SMILES string of the molecule is CC(NC([O])=O)c1cccc2c1Cc1ccccc1-2. The molecular weight excluding hydrogens is 238 g/mol. The first-order valence-corrected chi connectivity index (χ1v) is 6.34. The summed E-state index contributed by atoms with van der Waals surface area (Å²) < 4.78 is 0. The number of carbonyl (C=O) groups is 1. The lowest BCUT2D eigenvalue weighted by Crippen LogP contribution is -2.24. The minimum atomic E-state index is -1.24. The Bertz CT molecular complexity index is 649. The molecule has 1 amide bonds. The van der Waals surface area contributed by atoms with E-state index in [0.717, 1.165) is 12.0 Å². The van der Waals surface area contributed by atoms with Crippen molar-refractivity contribution in [3.63, 3.8) is 0 Å². The van der Waals surface area contributed by atoms with Gasteiger partial charge in [0.2, 0.25) is 0 Å². The van der Waals surface area contributed by atoms with Crippen LogP contribution in [0.5, 0.6) is 0 Å². The quantitative estimate of drug-likeness (QED) is 0.746. The highest BCUT2D eigenvalue weighted by atomic mass is 16.4. The van der Waals surface area contributed by atoms with Crippen molar-refractivity contribution in [2.45, 2.75) is 19.4 Å². The van der Waals surface area contributed by atoms with Gasteiger partial charge in [-0.1, -0.05) is 42.5 Å². The maximum absolute atomic E-state index is 10.7. The molecule has 19 heavy (non-hydrogen) atoms. The van der Waals surface area contributed by atoms with Crippen LogP contribution in [-0.4, -0.2) is 6.09 Å². The van der Waals surface area contributed by atoms with Gasteiger partial charge in [0.25, 0.3) is 0 Å². The number of hydrogen-bond acceptors (Lipinski definition) is 1. The molecular formula is C16H14NO2. The first-order chi connectivity index (χ1) is 9.16. The van der Waals surface area contributed by atoms with Gasteiger partial charge in [0.15, 0.2) is 0 Å². The molecule has 0 heterocycles. The van der Waals surface area contributed by atoms with E-state index in [1.165, 1.54) is 22.3 Å². The lowest BCUT2D eigenvalue weighted by atomic mass is 9.97. The lowest BCUT2D eigenvalue weighted by Gasteiger charge is -2.15. The predicted octanol–water partition coefficient (Wildman–Crippen LogP) is 3.46. The summed E-state index contributed by atoms with van der Waals surface area (Å²) in [6.45, 7) is 1.84. The number of carbonyl (C=O) groups excluding carboxylic acids is 1. The number of hydrogen-bond donors (Lipinski definition) is 1. The van der Waals surface area contributed by atoms with Gasteiger partial charge >= 0.3 is 6.09 Å². The van der Waals surface area contributed by atoms with Gasteiger partial charge < -0.3 is 5.32 Å². The summed E-state index contributed by atoms with van der Waals surface area (Å²) >= 11 is 0. The predicted molar refractivity (Wildman–Crippen MR) is 72.3 cm³/mol. The second-order valence-electron chi connectivity index (χ2n) is 4.86. The highest BCUT2D eigenvalue weighted by Gasteiger charge is 2.23. The van der Waals surface area contributed by atoms with E-state index in [-0.39, 0.29) is 6.04 Å². The molecule has 0 aliphatic heterocycles. The zero-order valence-electron chi connectivity index (χ0n) is 10.6. The molecule has 0 spiro atoms. The fourth-order valence-electron chi connectivity index (χ4n) is 2.84. The highest BCUT2D eigenvalue weighted by molar-refractivity contribution is 5.78. The fourth-order valence-corrected chi connectivity index (χ4v) is 2.84. The summed E-state index contributed by atoms with van der Waals surface area (Å²) in [5.74, 6) is 0. The third-order valence-electron chi connectivity index (χ3n) is 3.69. The van der Waals surface area contributed by atoms with Gasteiger partial charge in [-0.15, -0.1) is 0 Å². The van der Waals surface area contributed by atoms with Crippen molar-refractivity contribution in [2.75, 3.05) is 0 Å². The van der Waals surface area contributed by atoms with E-state index in [0.29, 0.717) is 0 Å². The van der Waals surface area contributed by atoms with E-state index in [9.17, 15) is 9.90 Å². The standard InChI is InChI=1S/C16H14NO2/c1-10(17-16(18)19)12-7-4-8-14-13-6-3-2-5-11(13)9-15(12)14/h2-8,10,17H,9H2,1H3. The van der Waals surface area contributed by atoms with Gasteiger partial charge in [-0.25, -0.2) is 9.90 Å². The Morgan fingerprint density at radius 2 is 1.84 bits per heavy atom. The molecule has 1 aliphatic rings. The van der Waals surface area contributed by atoms with Crippen molar-refractivity contribution in [3.8, 4) is 11.1 Å². The van der Waals surface area contributed by atoms with E-state index in [1.54, 1.807) is 0 Å². The number of amides is 1.